The number of carboxylic acids is 1. The van der Waals surface area contributed by atoms with Crippen LogP contribution in [-0.2, 0) is 14.4 Å². The minimum atomic E-state index is -0.952. The number of amides is 2. The fraction of sp³-hybridized carbons (Fsp3) is 0.429. The molecule has 1 aromatic carbocycles. The molecule has 32 heavy (non-hydrogen) atoms. The number of carbonyl (C=O) groups is 3. The summed E-state index contributed by atoms with van der Waals surface area (Å²) >= 11 is 6.54. The Hall–Kier alpha value is -2.79. The van der Waals surface area contributed by atoms with E-state index in [-0.39, 0.29) is 42.0 Å². The van der Waals surface area contributed by atoms with Crippen molar-refractivity contribution in [1.29, 1.82) is 0 Å². The first-order chi connectivity index (χ1) is 15.3. The van der Waals surface area contributed by atoms with Gasteiger partial charge in [0.1, 0.15) is 4.32 Å². The van der Waals surface area contributed by atoms with Crippen molar-refractivity contribution < 1.29 is 34.1 Å². The average Bonchev–Trinajstić information content (AvgIpc) is 3.01. The summed E-state index contributed by atoms with van der Waals surface area (Å²) < 4.78 is 10.8. The van der Waals surface area contributed by atoms with E-state index in [1.165, 1.54) is 30.9 Å². The van der Waals surface area contributed by atoms with E-state index >= 15 is 0 Å². The monoisotopic (exact) mass is 482 g/mol. The van der Waals surface area contributed by atoms with Gasteiger partial charge in [-0.15, -0.1) is 0 Å². The Morgan fingerprint density at radius 2 is 1.81 bits per heavy atom. The van der Waals surface area contributed by atoms with E-state index < -0.39 is 5.97 Å². The van der Waals surface area contributed by atoms with Gasteiger partial charge in [0.05, 0.1) is 25.5 Å². The summed E-state index contributed by atoms with van der Waals surface area (Å²) in [6, 6.07) is 3.21. The van der Waals surface area contributed by atoms with Crippen LogP contribution >= 0.6 is 24.0 Å². The summed E-state index contributed by atoms with van der Waals surface area (Å²) in [5.74, 6) is -0.977. The Bertz CT molecular complexity index is 892. The number of aliphatic carboxylic acids is 1. The maximum absolute atomic E-state index is 12.8. The maximum Gasteiger partial charge on any atom is 0.305 e. The van der Waals surface area contributed by atoms with Crippen molar-refractivity contribution in [3.63, 3.8) is 0 Å². The van der Waals surface area contributed by atoms with E-state index in [9.17, 15) is 19.5 Å². The number of benzene rings is 1. The molecule has 9 nitrogen and oxygen atoms in total. The van der Waals surface area contributed by atoms with Crippen LogP contribution in [-0.4, -0.2) is 64.5 Å². The van der Waals surface area contributed by atoms with E-state index in [1.54, 1.807) is 18.2 Å². The number of ether oxygens (including phenoxy) is 2. The minimum Gasteiger partial charge on any atom is -0.502 e. The Morgan fingerprint density at radius 3 is 2.41 bits per heavy atom. The topological polar surface area (TPSA) is 125 Å². The molecular formula is C21H26N2O7S2. The lowest BCUT2D eigenvalue weighted by Crippen LogP contribution is -2.29. The van der Waals surface area contributed by atoms with E-state index in [4.69, 9.17) is 26.8 Å². The first kappa shape index (κ1) is 25.5. The van der Waals surface area contributed by atoms with Crippen LogP contribution in [0.5, 0.6) is 17.2 Å². The highest BCUT2D eigenvalue weighted by Crippen LogP contribution is 2.39. The van der Waals surface area contributed by atoms with Gasteiger partial charge in [-0.05, 0) is 36.6 Å². The van der Waals surface area contributed by atoms with Crippen LogP contribution in [0.2, 0.25) is 0 Å². The van der Waals surface area contributed by atoms with Crippen molar-refractivity contribution in [2.75, 3.05) is 27.3 Å². The SMILES string of the molecule is COc1cc(/C=C2\SC(=S)N(CCCCCC(=O)NCCC(=O)O)C2=O)cc(OC)c1O. The highest BCUT2D eigenvalue weighted by Gasteiger charge is 2.31. The van der Waals surface area contributed by atoms with Crippen molar-refractivity contribution in [1.82, 2.24) is 10.2 Å². The molecule has 1 aromatic rings. The predicted octanol–water partition coefficient (Wildman–Crippen LogP) is 2.76. The number of rotatable bonds is 12. The molecule has 0 spiro atoms. The van der Waals surface area contributed by atoms with Gasteiger partial charge in [0.2, 0.25) is 11.7 Å². The Kier molecular flexibility index (Phi) is 9.79. The molecule has 1 aliphatic heterocycles. The Labute approximate surface area is 195 Å². The zero-order valence-corrected chi connectivity index (χ0v) is 19.5. The third-order valence-corrected chi connectivity index (χ3v) is 6.00. The van der Waals surface area contributed by atoms with Gasteiger partial charge in [-0.25, -0.2) is 0 Å². The molecule has 2 rings (SSSR count). The van der Waals surface area contributed by atoms with Crippen LogP contribution in [0.3, 0.4) is 0 Å². The van der Waals surface area contributed by atoms with Gasteiger partial charge in [-0.1, -0.05) is 30.4 Å². The largest absolute Gasteiger partial charge is 0.502 e. The normalized spacial score (nSPS) is 14.7. The Balaban J connectivity index is 1.87. The minimum absolute atomic E-state index is 0.0997. The fourth-order valence-electron chi connectivity index (χ4n) is 2.97. The number of phenolic OH excluding ortho intramolecular Hbond substituents is 1. The van der Waals surface area contributed by atoms with Gasteiger partial charge >= 0.3 is 5.97 Å². The third kappa shape index (κ3) is 7.13. The molecule has 0 unspecified atom stereocenters. The summed E-state index contributed by atoms with van der Waals surface area (Å²) in [5.41, 5.74) is 0.630. The van der Waals surface area contributed by atoms with Crippen molar-refractivity contribution in [3.05, 3.63) is 22.6 Å². The van der Waals surface area contributed by atoms with Gasteiger partial charge in [0.25, 0.3) is 5.91 Å². The molecule has 0 atom stereocenters. The van der Waals surface area contributed by atoms with Gasteiger partial charge in [0, 0.05) is 19.5 Å². The number of nitrogens with one attached hydrogen (secondary N) is 1. The standard InChI is InChI=1S/C21H26N2O7S2/c1-29-14-10-13(11-15(30-2)19(14)27)12-16-20(28)23(21(31)32-16)9-5-3-4-6-17(24)22-8-7-18(25)26/h10-12,27H,3-9H2,1-2H3,(H,22,24)(H,25,26)/b16-12-. The van der Waals surface area contributed by atoms with Crippen molar-refractivity contribution >= 4 is 52.2 Å². The molecular weight excluding hydrogens is 456 g/mol. The second-order valence-electron chi connectivity index (χ2n) is 6.91. The van der Waals surface area contributed by atoms with Crippen LogP contribution in [0.4, 0.5) is 0 Å². The van der Waals surface area contributed by atoms with Gasteiger partial charge in [-0.3, -0.25) is 19.3 Å². The third-order valence-electron chi connectivity index (χ3n) is 4.62. The number of unbranched alkanes of at least 4 members (excludes halogenated alkanes) is 2. The second-order valence-corrected chi connectivity index (χ2v) is 8.59. The summed E-state index contributed by atoms with van der Waals surface area (Å²) in [4.78, 5) is 36.8. The number of carboxylic acid groups (broad SMARTS) is 1. The zero-order valence-electron chi connectivity index (χ0n) is 17.9. The molecule has 1 saturated heterocycles. The molecule has 1 heterocycles. The first-order valence-corrected chi connectivity index (χ1v) is 11.2. The number of thioether (sulfide) groups is 1. The number of nitrogens with zero attached hydrogens (tertiary/aromatic N) is 1. The lowest BCUT2D eigenvalue weighted by Gasteiger charge is -2.14. The summed E-state index contributed by atoms with van der Waals surface area (Å²) in [6.07, 6.45) is 3.93. The number of hydrogen-bond acceptors (Lipinski definition) is 8. The fourth-order valence-corrected chi connectivity index (χ4v) is 4.28. The lowest BCUT2D eigenvalue weighted by molar-refractivity contribution is -0.137. The lowest BCUT2D eigenvalue weighted by atomic mass is 10.1. The number of phenols is 1. The molecule has 174 valence electrons. The average molecular weight is 483 g/mol. The number of carbonyl (C=O) groups excluding carboxylic acids is 2. The van der Waals surface area contributed by atoms with E-state index in [0.717, 1.165) is 6.42 Å². The second kappa shape index (κ2) is 12.3. The van der Waals surface area contributed by atoms with Crippen LogP contribution < -0.4 is 14.8 Å². The first-order valence-electron chi connectivity index (χ1n) is 9.95. The molecule has 1 fully saturated rings. The highest BCUT2D eigenvalue weighted by molar-refractivity contribution is 8.26. The quantitative estimate of drug-likeness (QED) is 0.234. The van der Waals surface area contributed by atoms with Crippen LogP contribution in [0, 0.1) is 0 Å². The molecule has 3 N–H and O–H groups in total. The van der Waals surface area contributed by atoms with Crippen molar-refractivity contribution in [2.45, 2.75) is 32.1 Å². The van der Waals surface area contributed by atoms with Crippen LogP contribution in [0.1, 0.15) is 37.7 Å². The smallest absolute Gasteiger partial charge is 0.305 e. The molecule has 11 heteroatoms. The molecule has 2 amide bonds. The highest BCUT2D eigenvalue weighted by atomic mass is 32.2. The number of aromatic hydroxyl groups is 1. The number of hydrogen-bond donors (Lipinski definition) is 3. The molecule has 0 aliphatic carbocycles. The van der Waals surface area contributed by atoms with Crippen LogP contribution in [0.15, 0.2) is 17.0 Å². The Morgan fingerprint density at radius 1 is 1.16 bits per heavy atom. The van der Waals surface area contributed by atoms with Gasteiger partial charge in [-0.2, -0.15) is 0 Å². The number of methoxy groups -OCH3 is 2. The van der Waals surface area contributed by atoms with Crippen LogP contribution in [0.25, 0.3) is 6.08 Å². The zero-order chi connectivity index (χ0) is 23.7. The molecule has 0 saturated carbocycles. The van der Waals surface area contributed by atoms with Crippen molar-refractivity contribution in [2.24, 2.45) is 0 Å². The summed E-state index contributed by atoms with van der Waals surface area (Å²) in [7, 11) is 2.86. The van der Waals surface area contributed by atoms with E-state index in [1.807, 2.05) is 0 Å². The van der Waals surface area contributed by atoms with Crippen molar-refractivity contribution in [3.8, 4) is 17.2 Å². The number of thiocarbonyl (C=S) groups is 1. The van der Waals surface area contributed by atoms with Gasteiger partial charge in [0.15, 0.2) is 11.5 Å². The maximum atomic E-state index is 12.8. The van der Waals surface area contributed by atoms with Gasteiger partial charge < -0.3 is 25.0 Å². The summed E-state index contributed by atoms with van der Waals surface area (Å²) in [6.45, 7) is 0.570. The predicted molar refractivity (Wildman–Crippen MR) is 125 cm³/mol. The summed E-state index contributed by atoms with van der Waals surface area (Å²) in [5, 5.41) is 21.1. The van der Waals surface area contributed by atoms with E-state index in [2.05, 4.69) is 5.32 Å². The van der Waals surface area contributed by atoms with E-state index in [0.29, 0.717) is 40.6 Å². The molecule has 0 radical (unpaired) electrons. The molecule has 0 aromatic heterocycles. The molecule has 1 aliphatic rings. The molecule has 0 bridgehead atoms.